The van der Waals surface area contributed by atoms with E-state index in [4.69, 9.17) is 4.74 Å². The van der Waals surface area contributed by atoms with E-state index in [-0.39, 0.29) is 5.82 Å². The highest BCUT2D eigenvalue weighted by Gasteiger charge is 2.11. The van der Waals surface area contributed by atoms with Crippen LogP contribution in [0.15, 0.2) is 18.3 Å². The van der Waals surface area contributed by atoms with Crippen LogP contribution in [-0.4, -0.2) is 30.2 Å². The Kier molecular flexibility index (Phi) is 4.63. The number of halogens is 1. The molecule has 0 spiro atoms. The Morgan fingerprint density at radius 3 is 2.89 bits per heavy atom. The van der Waals surface area contributed by atoms with Crippen molar-refractivity contribution in [1.29, 1.82) is 0 Å². The maximum absolute atomic E-state index is 13.9. The normalized spacial score (nSPS) is 10.9. The van der Waals surface area contributed by atoms with Crippen molar-refractivity contribution < 1.29 is 9.13 Å². The summed E-state index contributed by atoms with van der Waals surface area (Å²) in [7, 11) is 1.55. The smallest absolute Gasteiger partial charge is 0.213 e. The van der Waals surface area contributed by atoms with Gasteiger partial charge in [0.15, 0.2) is 0 Å². The summed E-state index contributed by atoms with van der Waals surface area (Å²) in [5.74, 6) is 0.161. The van der Waals surface area contributed by atoms with Gasteiger partial charge in [-0.25, -0.2) is 9.37 Å². The minimum atomic E-state index is -0.313. The van der Waals surface area contributed by atoms with Crippen LogP contribution < -0.4 is 10.1 Å². The molecule has 0 saturated carbocycles. The quantitative estimate of drug-likeness (QED) is 0.812. The van der Waals surface area contributed by atoms with Crippen molar-refractivity contribution in [3.63, 3.8) is 0 Å². The molecule has 0 unspecified atom stereocenters. The van der Waals surface area contributed by atoms with E-state index < -0.39 is 0 Å². The molecule has 2 rings (SSSR count). The van der Waals surface area contributed by atoms with Crippen LogP contribution >= 0.6 is 0 Å². The van der Waals surface area contributed by atoms with E-state index >= 15 is 0 Å². The SMILES string of the molecule is CCCNCCc1c(F)cnc2ccc(OC)nc12. The topological polar surface area (TPSA) is 47.0 Å². The summed E-state index contributed by atoms with van der Waals surface area (Å²) in [5, 5.41) is 3.26. The van der Waals surface area contributed by atoms with Crippen molar-refractivity contribution in [2.45, 2.75) is 19.8 Å². The lowest BCUT2D eigenvalue weighted by atomic mass is 10.1. The first-order valence-corrected chi connectivity index (χ1v) is 6.45. The van der Waals surface area contributed by atoms with Gasteiger partial charge in [0.1, 0.15) is 5.82 Å². The highest BCUT2D eigenvalue weighted by Crippen LogP contribution is 2.21. The number of rotatable bonds is 6. The third-order valence-corrected chi connectivity index (χ3v) is 2.93. The van der Waals surface area contributed by atoms with Crippen molar-refractivity contribution in [2.24, 2.45) is 0 Å². The summed E-state index contributed by atoms with van der Waals surface area (Å²) >= 11 is 0. The van der Waals surface area contributed by atoms with Crippen LogP contribution in [0.5, 0.6) is 5.88 Å². The number of fused-ring (bicyclic) bond motifs is 1. The zero-order valence-corrected chi connectivity index (χ0v) is 11.2. The number of hydrogen-bond acceptors (Lipinski definition) is 4. The van der Waals surface area contributed by atoms with Gasteiger partial charge in [-0.3, -0.25) is 4.98 Å². The number of ether oxygens (including phenoxy) is 1. The van der Waals surface area contributed by atoms with Crippen LogP contribution in [0.3, 0.4) is 0 Å². The van der Waals surface area contributed by atoms with Gasteiger partial charge >= 0.3 is 0 Å². The maximum Gasteiger partial charge on any atom is 0.213 e. The molecular weight excluding hydrogens is 245 g/mol. The molecule has 4 nitrogen and oxygen atoms in total. The highest BCUT2D eigenvalue weighted by molar-refractivity contribution is 5.78. The minimum Gasteiger partial charge on any atom is -0.481 e. The lowest BCUT2D eigenvalue weighted by Gasteiger charge is -2.08. The van der Waals surface area contributed by atoms with Crippen LogP contribution in [0.25, 0.3) is 11.0 Å². The standard InChI is InChI=1S/C14H18FN3O/c1-3-7-16-8-6-10-11(15)9-17-12-4-5-13(19-2)18-14(10)12/h4-5,9,16H,3,6-8H2,1-2H3. The summed E-state index contributed by atoms with van der Waals surface area (Å²) in [5.41, 5.74) is 1.86. The summed E-state index contributed by atoms with van der Waals surface area (Å²) < 4.78 is 19.0. The second kappa shape index (κ2) is 6.43. The van der Waals surface area contributed by atoms with Gasteiger partial charge in [-0.15, -0.1) is 0 Å². The van der Waals surface area contributed by atoms with Gasteiger partial charge in [-0.05, 0) is 32.0 Å². The number of methoxy groups -OCH3 is 1. The van der Waals surface area contributed by atoms with E-state index in [9.17, 15) is 4.39 Å². The van der Waals surface area contributed by atoms with Crippen molar-refractivity contribution in [3.05, 3.63) is 29.7 Å². The second-order valence-corrected chi connectivity index (χ2v) is 4.31. The zero-order valence-electron chi connectivity index (χ0n) is 11.2. The zero-order chi connectivity index (χ0) is 13.7. The highest BCUT2D eigenvalue weighted by atomic mass is 19.1. The Labute approximate surface area is 112 Å². The maximum atomic E-state index is 13.9. The molecule has 0 fully saturated rings. The number of nitrogens with one attached hydrogen (secondary N) is 1. The van der Waals surface area contributed by atoms with E-state index in [1.54, 1.807) is 19.2 Å². The van der Waals surface area contributed by atoms with E-state index in [1.165, 1.54) is 6.20 Å². The average molecular weight is 263 g/mol. The summed E-state index contributed by atoms with van der Waals surface area (Å²) in [6, 6.07) is 3.52. The molecule has 0 saturated heterocycles. The largest absolute Gasteiger partial charge is 0.481 e. The van der Waals surface area contributed by atoms with Crippen molar-refractivity contribution in [2.75, 3.05) is 20.2 Å². The molecule has 2 aromatic heterocycles. The van der Waals surface area contributed by atoms with Crippen molar-refractivity contribution >= 4 is 11.0 Å². The van der Waals surface area contributed by atoms with Crippen LogP contribution in [0, 0.1) is 5.82 Å². The Hall–Kier alpha value is -1.75. The van der Waals surface area contributed by atoms with Gasteiger partial charge in [0.2, 0.25) is 5.88 Å². The van der Waals surface area contributed by atoms with Gasteiger partial charge in [-0.2, -0.15) is 0 Å². The average Bonchev–Trinajstić information content (AvgIpc) is 2.44. The molecule has 2 aromatic rings. The minimum absolute atomic E-state index is 0.313. The first-order valence-electron chi connectivity index (χ1n) is 6.45. The van der Waals surface area contributed by atoms with Gasteiger partial charge in [0, 0.05) is 11.6 Å². The first kappa shape index (κ1) is 13.7. The summed E-state index contributed by atoms with van der Waals surface area (Å²) in [6.07, 6.45) is 2.91. The van der Waals surface area contributed by atoms with Crippen molar-refractivity contribution in [3.8, 4) is 5.88 Å². The lowest BCUT2D eigenvalue weighted by Crippen LogP contribution is -2.18. The van der Waals surface area contributed by atoms with E-state index in [2.05, 4.69) is 22.2 Å². The van der Waals surface area contributed by atoms with Crippen LogP contribution in [-0.2, 0) is 6.42 Å². The fourth-order valence-electron chi connectivity index (χ4n) is 1.94. The summed E-state index contributed by atoms with van der Waals surface area (Å²) in [4.78, 5) is 8.35. The molecule has 2 heterocycles. The van der Waals surface area contributed by atoms with E-state index in [1.807, 2.05) is 0 Å². The second-order valence-electron chi connectivity index (χ2n) is 4.31. The molecule has 0 aliphatic carbocycles. The molecule has 0 bridgehead atoms. The summed E-state index contributed by atoms with van der Waals surface area (Å²) in [6.45, 7) is 3.76. The molecule has 0 radical (unpaired) electrons. The molecule has 0 aliphatic heterocycles. The van der Waals surface area contributed by atoms with Gasteiger partial charge < -0.3 is 10.1 Å². The molecule has 19 heavy (non-hydrogen) atoms. The third kappa shape index (κ3) is 3.17. The lowest BCUT2D eigenvalue weighted by molar-refractivity contribution is 0.399. The van der Waals surface area contributed by atoms with Gasteiger partial charge in [0.25, 0.3) is 0 Å². The number of pyridine rings is 2. The molecule has 0 aliphatic rings. The first-order chi connectivity index (χ1) is 9.26. The Bertz CT molecular complexity index is 560. The molecular formula is C14H18FN3O. The molecule has 102 valence electrons. The number of aromatic nitrogens is 2. The monoisotopic (exact) mass is 263 g/mol. The van der Waals surface area contributed by atoms with E-state index in [0.717, 1.165) is 19.5 Å². The predicted molar refractivity (Wildman–Crippen MR) is 72.9 cm³/mol. The van der Waals surface area contributed by atoms with E-state index in [0.29, 0.717) is 28.9 Å². The molecule has 0 aromatic carbocycles. The van der Waals surface area contributed by atoms with Gasteiger partial charge in [-0.1, -0.05) is 6.92 Å². The molecule has 1 N–H and O–H groups in total. The third-order valence-electron chi connectivity index (χ3n) is 2.93. The molecule has 0 atom stereocenters. The number of hydrogen-bond donors (Lipinski definition) is 1. The van der Waals surface area contributed by atoms with Crippen LogP contribution in [0.2, 0.25) is 0 Å². The van der Waals surface area contributed by atoms with Crippen LogP contribution in [0.4, 0.5) is 4.39 Å². The fraction of sp³-hybridized carbons (Fsp3) is 0.429. The fourth-order valence-corrected chi connectivity index (χ4v) is 1.94. The van der Waals surface area contributed by atoms with Gasteiger partial charge in [0.05, 0.1) is 24.3 Å². The van der Waals surface area contributed by atoms with Crippen LogP contribution in [0.1, 0.15) is 18.9 Å². The Balaban J connectivity index is 2.30. The Morgan fingerprint density at radius 1 is 1.32 bits per heavy atom. The Morgan fingerprint density at radius 2 is 2.16 bits per heavy atom. The van der Waals surface area contributed by atoms with Crippen molar-refractivity contribution in [1.82, 2.24) is 15.3 Å². The molecule has 0 amide bonds. The number of nitrogens with zero attached hydrogens (tertiary/aromatic N) is 2. The molecule has 5 heteroatoms. The predicted octanol–water partition coefficient (Wildman–Crippen LogP) is 2.32.